The third-order valence-corrected chi connectivity index (χ3v) is 2.32. The molecule has 1 N–H and O–H groups in total. The Bertz CT molecular complexity index is 627. The second-order valence-corrected chi connectivity index (χ2v) is 3.65. The maximum Gasteiger partial charge on any atom is 0.289 e. The molecule has 0 saturated heterocycles. The molecule has 0 radical (unpaired) electrons. The molecule has 5 heteroatoms. The SMILES string of the molecule is N#Cc1ccc(C=NNC(=O)c2ccccn2)cc1. The van der Waals surface area contributed by atoms with Crippen molar-refractivity contribution in [1.29, 1.82) is 5.26 Å². The number of benzene rings is 1. The second-order valence-electron chi connectivity index (χ2n) is 3.65. The zero-order valence-corrected chi connectivity index (χ0v) is 9.95. The van der Waals surface area contributed by atoms with Crippen LogP contribution in [0.2, 0.25) is 0 Å². The highest BCUT2D eigenvalue weighted by Gasteiger charge is 2.03. The van der Waals surface area contributed by atoms with E-state index < -0.39 is 0 Å². The van der Waals surface area contributed by atoms with E-state index >= 15 is 0 Å². The summed E-state index contributed by atoms with van der Waals surface area (Å²) in [7, 11) is 0. The Kier molecular flexibility index (Phi) is 3.98. The average Bonchev–Trinajstić information content (AvgIpc) is 2.49. The van der Waals surface area contributed by atoms with E-state index in [1.807, 2.05) is 6.07 Å². The molecule has 2 aromatic rings. The Hall–Kier alpha value is -3.00. The lowest BCUT2D eigenvalue weighted by atomic mass is 10.2. The van der Waals surface area contributed by atoms with E-state index in [-0.39, 0.29) is 5.91 Å². The van der Waals surface area contributed by atoms with Crippen molar-refractivity contribution >= 4 is 12.1 Å². The Morgan fingerprint density at radius 1 is 1.26 bits per heavy atom. The Morgan fingerprint density at radius 2 is 2.05 bits per heavy atom. The first-order valence-corrected chi connectivity index (χ1v) is 5.54. The number of hydrazone groups is 1. The number of carbonyl (C=O) groups is 1. The van der Waals surface area contributed by atoms with E-state index in [9.17, 15) is 4.79 Å². The van der Waals surface area contributed by atoms with Crippen LogP contribution in [0.4, 0.5) is 0 Å². The molecule has 92 valence electrons. The minimum absolute atomic E-state index is 0.305. The van der Waals surface area contributed by atoms with Crippen LogP contribution >= 0.6 is 0 Å². The third kappa shape index (κ3) is 3.48. The molecule has 0 unspecified atom stereocenters. The molecule has 0 aliphatic rings. The van der Waals surface area contributed by atoms with Crippen molar-refractivity contribution in [2.75, 3.05) is 0 Å². The number of rotatable bonds is 3. The van der Waals surface area contributed by atoms with Gasteiger partial charge in [0.2, 0.25) is 0 Å². The summed E-state index contributed by atoms with van der Waals surface area (Å²) < 4.78 is 0. The van der Waals surface area contributed by atoms with Crippen LogP contribution in [0.1, 0.15) is 21.6 Å². The van der Waals surface area contributed by atoms with Gasteiger partial charge in [-0.3, -0.25) is 9.78 Å². The highest BCUT2D eigenvalue weighted by Crippen LogP contribution is 2.00. The standard InChI is InChI=1S/C14H10N4O/c15-9-11-4-6-12(7-5-11)10-17-18-14(19)13-3-1-2-8-16-13/h1-8,10H,(H,18,19). The van der Waals surface area contributed by atoms with Gasteiger partial charge < -0.3 is 0 Å². The first-order chi connectivity index (χ1) is 9.29. The quantitative estimate of drug-likeness (QED) is 0.665. The van der Waals surface area contributed by atoms with E-state index in [1.165, 1.54) is 6.21 Å². The molecule has 1 aromatic heterocycles. The van der Waals surface area contributed by atoms with Crippen molar-refractivity contribution in [3.8, 4) is 6.07 Å². The van der Waals surface area contributed by atoms with Crippen LogP contribution in [-0.2, 0) is 0 Å². The fraction of sp³-hybridized carbons (Fsp3) is 0. The molecule has 0 aliphatic carbocycles. The molecule has 1 aromatic carbocycles. The number of amides is 1. The van der Waals surface area contributed by atoms with Crippen LogP contribution in [0.15, 0.2) is 53.8 Å². The highest BCUT2D eigenvalue weighted by molar-refractivity contribution is 5.93. The molecule has 0 fully saturated rings. The van der Waals surface area contributed by atoms with Gasteiger partial charge in [0.1, 0.15) is 5.69 Å². The summed E-state index contributed by atoms with van der Waals surface area (Å²) in [5, 5.41) is 12.5. The Labute approximate surface area is 110 Å². The fourth-order valence-corrected chi connectivity index (χ4v) is 1.36. The summed E-state index contributed by atoms with van der Waals surface area (Å²) >= 11 is 0. The summed E-state index contributed by atoms with van der Waals surface area (Å²) in [6.45, 7) is 0. The monoisotopic (exact) mass is 250 g/mol. The van der Waals surface area contributed by atoms with Gasteiger partial charge in [0.15, 0.2) is 0 Å². The number of nitrogens with one attached hydrogen (secondary N) is 1. The van der Waals surface area contributed by atoms with Crippen molar-refractivity contribution in [1.82, 2.24) is 10.4 Å². The molecular formula is C14H10N4O. The smallest absolute Gasteiger partial charge is 0.266 e. The molecule has 0 aliphatic heterocycles. The normalized spacial score (nSPS) is 10.1. The Balaban J connectivity index is 1.96. The summed E-state index contributed by atoms with van der Waals surface area (Å²) in [5.74, 6) is -0.370. The number of carbonyl (C=O) groups excluding carboxylic acids is 1. The number of pyridine rings is 1. The van der Waals surface area contributed by atoms with Gasteiger partial charge in [-0.25, -0.2) is 5.43 Å². The molecule has 2 rings (SSSR count). The van der Waals surface area contributed by atoms with Crippen molar-refractivity contribution in [2.45, 2.75) is 0 Å². The summed E-state index contributed by atoms with van der Waals surface area (Å²) in [4.78, 5) is 15.5. The third-order valence-electron chi connectivity index (χ3n) is 2.32. The fourth-order valence-electron chi connectivity index (χ4n) is 1.36. The molecule has 0 atom stereocenters. The lowest BCUT2D eigenvalue weighted by Gasteiger charge is -1.98. The molecule has 19 heavy (non-hydrogen) atoms. The van der Waals surface area contributed by atoms with Crippen LogP contribution in [0, 0.1) is 11.3 Å². The minimum Gasteiger partial charge on any atom is -0.266 e. The van der Waals surface area contributed by atoms with E-state index in [2.05, 4.69) is 15.5 Å². The lowest BCUT2D eigenvalue weighted by molar-refractivity contribution is 0.0950. The topological polar surface area (TPSA) is 78.1 Å². The van der Waals surface area contributed by atoms with E-state index in [1.54, 1.807) is 48.7 Å². The zero-order chi connectivity index (χ0) is 13.5. The Morgan fingerprint density at radius 3 is 2.68 bits per heavy atom. The molecule has 0 saturated carbocycles. The molecule has 0 bridgehead atoms. The van der Waals surface area contributed by atoms with Crippen LogP contribution in [0.5, 0.6) is 0 Å². The molecular weight excluding hydrogens is 240 g/mol. The number of hydrogen-bond donors (Lipinski definition) is 1. The lowest BCUT2D eigenvalue weighted by Crippen LogP contribution is -2.18. The van der Waals surface area contributed by atoms with Gasteiger partial charge in [-0.05, 0) is 29.8 Å². The van der Waals surface area contributed by atoms with Crippen LogP contribution < -0.4 is 5.43 Å². The van der Waals surface area contributed by atoms with Gasteiger partial charge in [-0.1, -0.05) is 18.2 Å². The number of nitrogens with zero attached hydrogens (tertiary/aromatic N) is 3. The van der Waals surface area contributed by atoms with Crippen molar-refractivity contribution in [2.24, 2.45) is 5.10 Å². The number of aromatic nitrogens is 1. The van der Waals surface area contributed by atoms with Crippen molar-refractivity contribution in [3.05, 3.63) is 65.5 Å². The first-order valence-electron chi connectivity index (χ1n) is 5.54. The molecule has 0 spiro atoms. The highest BCUT2D eigenvalue weighted by atomic mass is 16.2. The summed E-state index contributed by atoms with van der Waals surface area (Å²) in [6.07, 6.45) is 3.04. The van der Waals surface area contributed by atoms with E-state index in [4.69, 9.17) is 5.26 Å². The van der Waals surface area contributed by atoms with Gasteiger partial charge in [0, 0.05) is 6.20 Å². The van der Waals surface area contributed by atoms with Gasteiger partial charge >= 0.3 is 0 Å². The van der Waals surface area contributed by atoms with Crippen LogP contribution in [0.25, 0.3) is 0 Å². The summed E-state index contributed by atoms with van der Waals surface area (Å²) in [6, 6.07) is 13.9. The molecule has 1 heterocycles. The maximum atomic E-state index is 11.6. The van der Waals surface area contributed by atoms with Crippen LogP contribution in [0.3, 0.4) is 0 Å². The van der Waals surface area contributed by atoms with E-state index in [0.717, 1.165) is 5.56 Å². The van der Waals surface area contributed by atoms with Crippen molar-refractivity contribution < 1.29 is 4.79 Å². The number of nitriles is 1. The zero-order valence-electron chi connectivity index (χ0n) is 9.95. The minimum atomic E-state index is -0.370. The van der Waals surface area contributed by atoms with Gasteiger partial charge in [-0.2, -0.15) is 10.4 Å². The van der Waals surface area contributed by atoms with Crippen LogP contribution in [-0.4, -0.2) is 17.1 Å². The predicted molar refractivity (Wildman–Crippen MR) is 70.5 cm³/mol. The molecule has 1 amide bonds. The predicted octanol–water partition coefficient (Wildman–Crippen LogP) is 1.72. The van der Waals surface area contributed by atoms with Gasteiger partial charge in [-0.15, -0.1) is 0 Å². The van der Waals surface area contributed by atoms with Gasteiger partial charge in [0.05, 0.1) is 17.8 Å². The van der Waals surface area contributed by atoms with Gasteiger partial charge in [0.25, 0.3) is 5.91 Å². The second kappa shape index (κ2) is 6.07. The molecule has 5 nitrogen and oxygen atoms in total. The van der Waals surface area contributed by atoms with Crippen molar-refractivity contribution in [3.63, 3.8) is 0 Å². The first kappa shape index (κ1) is 12.5. The van der Waals surface area contributed by atoms with E-state index in [0.29, 0.717) is 11.3 Å². The summed E-state index contributed by atoms with van der Waals surface area (Å²) in [5.41, 5.74) is 4.05. The number of hydrogen-bond acceptors (Lipinski definition) is 4. The largest absolute Gasteiger partial charge is 0.289 e. The average molecular weight is 250 g/mol. The maximum absolute atomic E-state index is 11.6.